The van der Waals surface area contributed by atoms with Crippen LogP contribution in [0.3, 0.4) is 0 Å². The van der Waals surface area contributed by atoms with Crippen LogP contribution in [0.15, 0.2) is 42.5 Å². The van der Waals surface area contributed by atoms with Crippen molar-refractivity contribution in [3.05, 3.63) is 48.0 Å². The van der Waals surface area contributed by atoms with Gasteiger partial charge in [0.2, 0.25) is 15.9 Å². The molecule has 1 heterocycles. The predicted molar refractivity (Wildman–Crippen MR) is 109 cm³/mol. The molecule has 1 aliphatic heterocycles. The summed E-state index contributed by atoms with van der Waals surface area (Å²) >= 11 is 0. The molecule has 150 valence electrons. The average Bonchev–Trinajstić information content (AvgIpc) is 2.66. The lowest BCUT2D eigenvalue weighted by Crippen LogP contribution is -2.47. The third-order valence-corrected chi connectivity index (χ3v) is 5.61. The second kappa shape index (κ2) is 8.10. The fraction of sp³-hybridized carbons (Fsp3) is 0.350. The van der Waals surface area contributed by atoms with E-state index >= 15 is 0 Å². The molecule has 2 aromatic carbocycles. The summed E-state index contributed by atoms with van der Waals surface area (Å²) in [5.74, 6) is 0.759. The van der Waals surface area contributed by atoms with Gasteiger partial charge in [0.15, 0.2) is 11.5 Å². The van der Waals surface area contributed by atoms with Gasteiger partial charge < -0.3 is 14.8 Å². The van der Waals surface area contributed by atoms with E-state index < -0.39 is 22.0 Å². The molecule has 0 unspecified atom stereocenters. The summed E-state index contributed by atoms with van der Waals surface area (Å²) < 4.78 is 37.1. The van der Waals surface area contributed by atoms with Gasteiger partial charge in [-0.25, -0.2) is 8.42 Å². The Labute approximate surface area is 165 Å². The maximum Gasteiger partial charge on any atom is 0.248 e. The lowest BCUT2D eigenvalue weighted by molar-refractivity contribution is -0.117. The number of amides is 1. The van der Waals surface area contributed by atoms with Crippen molar-refractivity contribution in [3.63, 3.8) is 0 Å². The summed E-state index contributed by atoms with van der Waals surface area (Å²) in [5.41, 5.74) is 1.98. The number of rotatable bonds is 6. The van der Waals surface area contributed by atoms with Gasteiger partial charge in [-0.3, -0.25) is 9.10 Å². The fourth-order valence-electron chi connectivity index (χ4n) is 3.10. The van der Waals surface area contributed by atoms with Gasteiger partial charge in [-0.2, -0.15) is 0 Å². The van der Waals surface area contributed by atoms with Crippen molar-refractivity contribution in [1.82, 2.24) is 0 Å². The molecule has 0 saturated heterocycles. The normalized spacial score (nSPS) is 14.2. The first-order valence-corrected chi connectivity index (χ1v) is 10.9. The van der Waals surface area contributed by atoms with Gasteiger partial charge in [-0.15, -0.1) is 0 Å². The molecule has 0 aromatic heterocycles. The van der Waals surface area contributed by atoms with Crippen molar-refractivity contribution >= 4 is 27.3 Å². The van der Waals surface area contributed by atoms with Crippen LogP contribution in [0.5, 0.6) is 11.5 Å². The van der Waals surface area contributed by atoms with E-state index in [4.69, 9.17) is 9.47 Å². The van der Waals surface area contributed by atoms with Crippen molar-refractivity contribution in [1.29, 1.82) is 0 Å². The minimum Gasteiger partial charge on any atom is -0.486 e. The first-order valence-electron chi connectivity index (χ1n) is 9.06. The molecule has 8 heteroatoms. The molecule has 28 heavy (non-hydrogen) atoms. The van der Waals surface area contributed by atoms with Gasteiger partial charge in [-0.05, 0) is 37.6 Å². The number of anilines is 2. The van der Waals surface area contributed by atoms with E-state index in [9.17, 15) is 13.2 Å². The number of nitrogens with zero attached hydrogens (tertiary/aromatic N) is 1. The Hall–Kier alpha value is -2.74. The smallest absolute Gasteiger partial charge is 0.248 e. The van der Waals surface area contributed by atoms with Gasteiger partial charge in [-0.1, -0.05) is 24.6 Å². The topological polar surface area (TPSA) is 84.9 Å². The van der Waals surface area contributed by atoms with E-state index in [1.165, 1.54) is 4.31 Å². The third kappa shape index (κ3) is 4.39. The zero-order chi connectivity index (χ0) is 20.3. The highest BCUT2D eigenvalue weighted by Crippen LogP contribution is 2.33. The highest BCUT2D eigenvalue weighted by molar-refractivity contribution is 7.92. The second-order valence-corrected chi connectivity index (χ2v) is 8.53. The summed E-state index contributed by atoms with van der Waals surface area (Å²) in [6, 6.07) is 11.3. The molecule has 7 nitrogen and oxygen atoms in total. The largest absolute Gasteiger partial charge is 0.486 e. The Morgan fingerprint density at radius 3 is 2.36 bits per heavy atom. The number of hydrogen-bond donors (Lipinski definition) is 1. The second-order valence-electron chi connectivity index (χ2n) is 6.67. The molecule has 0 radical (unpaired) electrons. The van der Waals surface area contributed by atoms with Gasteiger partial charge in [0.05, 0.1) is 11.9 Å². The molecule has 1 atom stereocenters. The van der Waals surface area contributed by atoms with E-state index in [2.05, 4.69) is 5.32 Å². The number of hydrogen-bond acceptors (Lipinski definition) is 5. The van der Waals surface area contributed by atoms with Crippen LogP contribution >= 0.6 is 0 Å². The summed E-state index contributed by atoms with van der Waals surface area (Å²) in [4.78, 5) is 13.0. The van der Waals surface area contributed by atoms with Crippen molar-refractivity contribution < 1.29 is 22.7 Å². The van der Waals surface area contributed by atoms with Gasteiger partial charge in [0.25, 0.3) is 0 Å². The van der Waals surface area contributed by atoms with Crippen LogP contribution in [0.4, 0.5) is 11.4 Å². The number of carbonyl (C=O) groups is 1. The van der Waals surface area contributed by atoms with Crippen LogP contribution in [0.25, 0.3) is 0 Å². The van der Waals surface area contributed by atoms with Crippen LogP contribution < -0.4 is 19.1 Å². The molecule has 0 bridgehead atoms. The van der Waals surface area contributed by atoms with Crippen LogP contribution in [0.1, 0.15) is 18.9 Å². The molecule has 1 N–H and O–H groups in total. The first-order chi connectivity index (χ1) is 13.3. The van der Waals surface area contributed by atoms with Crippen molar-refractivity contribution in [3.8, 4) is 11.5 Å². The van der Waals surface area contributed by atoms with Crippen LogP contribution in [-0.2, 0) is 14.8 Å². The lowest BCUT2D eigenvalue weighted by Gasteiger charge is -2.30. The minimum atomic E-state index is -3.67. The lowest BCUT2D eigenvalue weighted by atomic mass is 10.1. The number of carbonyl (C=O) groups excluding carboxylic acids is 1. The fourth-order valence-corrected chi connectivity index (χ4v) is 4.31. The Morgan fingerprint density at radius 1 is 1.11 bits per heavy atom. The highest BCUT2D eigenvalue weighted by atomic mass is 32.2. The van der Waals surface area contributed by atoms with Gasteiger partial charge in [0.1, 0.15) is 19.3 Å². The Morgan fingerprint density at radius 2 is 1.75 bits per heavy atom. The van der Waals surface area contributed by atoms with Crippen molar-refractivity contribution in [2.75, 3.05) is 29.1 Å². The number of fused-ring (bicyclic) bond motifs is 1. The molecule has 3 rings (SSSR count). The van der Waals surface area contributed by atoms with Crippen molar-refractivity contribution in [2.45, 2.75) is 26.3 Å². The maximum atomic E-state index is 13.0. The minimum absolute atomic E-state index is 0.317. The molecule has 1 aliphatic rings. The molecule has 1 amide bonds. The average molecular weight is 404 g/mol. The summed E-state index contributed by atoms with van der Waals surface area (Å²) in [7, 11) is -3.67. The highest BCUT2D eigenvalue weighted by Gasteiger charge is 2.31. The first kappa shape index (κ1) is 20.0. The number of ether oxygens (including phenoxy) is 2. The zero-order valence-corrected chi connectivity index (χ0v) is 17.0. The number of sulfonamides is 1. The summed E-state index contributed by atoms with van der Waals surface area (Å²) in [6.45, 7) is 4.62. The summed E-state index contributed by atoms with van der Waals surface area (Å²) in [5, 5.41) is 2.80. The molecular formula is C20H24N2O5S. The number of benzene rings is 2. The molecular weight excluding hydrogens is 380 g/mol. The molecule has 0 spiro atoms. The predicted octanol–water partition coefficient (Wildman–Crippen LogP) is 2.95. The van der Waals surface area contributed by atoms with E-state index in [0.29, 0.717) is 42.5 Å². The quantitative estimate of drug-likeness (QED) is 0.800. The number of nitrogens with one attached hydrogen (secondary N) is 1. The van der Waals surface area contributed by atoms with Crippen LogP contribution in [0, 0.1) is 6.92 Å². The Kier molecular flexibility index (Phi) is 5.79. The van der Waals surface area contributed by atoms with Gasteiger partial charge in [0, 0.05) is 11.8 Å². The standard InChI is InChI=1S/C20H24N2O5S/c1-4-17(22(28(3,24)25)16-8-5-14(2)6-9-16)20(23)21-15-7-10-18-19(13-15)27-12-11-26-18/h5-10,13,17H,4,11-12H2,1-3H3,(H,21,23)/t17-/m0/s1. The zero-order valence-electron chi connectivity index (χ0n) is 16.1. The third-order valence-electron chi connectivity index (χ3n) is 4.43. The van der Waals surface area contributed by atoms with Crippen LogP contribution in [0.2, 0.25) is 0 Å². The molecule has 2 aromatic rings. The van der Waals surface area contributed by atoms with Crippen LogP contribution in [-0.4, -0.2) is 39.8 Å². The molecule has 0 saturated carbocycles. The molecule has 0 aliphatic carbocycles. The van der Waals surface area contributed by atoms with Crippen molar-refractivity contribution in [2.24, 2.45) is 0 Å². The Balaban J connectivity index is 1.87. The van der Waals surface area contributed by atoms with Gasteiger partial charge >= 0.3 is 0 Å². The van der Waals surface area contributed by atoms with E-state index in [-0.39, 0.29) is 0 Å². The monoisotopic (exact) mass is 404 g/mol. The Bertz CT molecular complexity index is 957. The van der Waals surface area contributed by atoms with E-state index in [1.54, 1.807) is 37.3 Å². The van der Waals surface area contributed by atoms with E-state index in [1.807, 2.05) is 19.1 Å². The summed E-state index contributed by atoms with van der Waals surface area (Å²) in [6.07, 6.45) is 1.42. The van der Waals surface area contributed by atoms with E-state index in [0.717, 1.165) is 11.8 Å². The number of aryl methyl sites for hydroxylation is 1. The SMILES string of the molecule is CC[C@@H](C(=O)Nc1ccc2c(c1)OCCO2)N(c1ccc(C)cc1)S(C)(=O)=O. The molecule has 0 fully saturated rings. The maximum absolute atomic E-state index is 13.0.